The number of rotatable bonds is 3. The summed E-state index contributed by atoms with van der Waals surface area (Å²) in [5.41, 5.74) is 0.910. The molecule has 1 amide bonds. The summed E-state index contributed by atoms with van der Waals surface area (Å²) in [6, 6.07) is 17.3. The molecule has 2 aliphatic rings. The van der Waals surface area contributed by atoms with Gasteiger partial charge in [0.05, 0.1) is 18.1 Å². The summed E-state index contributed by atoms with van der Waals surface area (Å²) < 4.78 is 11.2. The summed E-state index contributed by atoms with van der Waals surface area (Å²) in [4.78, 5) is 19.2. The van der Waals surface area contributed by atoms with Crippen molar-refractivity contribution in [2.75, 3.05) is 26.3 Å². The molecule has 0 saturated carbocycles. The van der Waals surface area contributed by atoms with Crippen LogP contribution in [0.1, 0.15) is 5.56 Å². The maximum absolute atomic E-state index is 12.2. The smallest absolute Gasteiger partial charge is 0.286 e. The fourth-order valence-corrected chi connectivity index (χ4v) is 3.70. The topological polar surface area (TPSA) is 51.1 Å². The summed E-state index contributed by atoms with van der Waals surface area (Å²) >= 11 is 1.42. The van der Waals surface area contributed by atoms with Crippen molar-refractivity contribution < 1.29 is 14.3 Å². The van der Waals surface area contributed by atoms with E-state index in [-0.39, 0.29) is 5.91 Å². The van der Waals surface area contributed by atoms with Crippen LogP contribution >= 0.6 is 11.8 Å². The molecular weight excluding hydrogens is 348 g/mol. The van der Waals surface area contributed by atoms with Gasteiger partial charge in [-0.1, -0.05) is 30.3 Å². The van der Waals surface area contributed by atoms with E-state index < -0.39 is 0 Å². The van der Waals surface area contributed by atoms with Gasteiger partial charge in [-0.2, -0.15) is 4.99 Å². The number of carbonyl (C=O) groups is 1. The molecule has 0 N–H and O–H groups in total. The predicted molar refractivity (Wildman–Crippen MR) is 103 cm³/mol. The first-order valence-electron chi connectivity index (χ1n) is 8.46. The van der Waals surface area contributed by atoms with Crippen molar-refractivity contribution in [3.8, 4) is 11.5 Å². The molecule has 26 heavy (non-hydrogen) atoms. The molecule has 1 fully saturated rings. The molecule has 0 aliphatic carbocycles. The molecule has 0 atom stereocenters. The number of aliphatic imine (C=N–C) groups is 1. The van der Waals surface area contributed by atoms with Gasteiger partial charge in [0.2, 0.25) is 0 Å². The highest BCUT2D eigenvalue weighted by Gasteiger charge is 2.27. The lowest BCUT2D eigenvalue weighted by molar-refractivity contribution is -0.113. The summed E-state index contributed by atoms with van der Waals surface area (Å²) in [6.07, 6.45) is 1.86. The van der Waals surface area contributed by atoms with Crippen LogP contribution in [0.4, 0.5) is 0 Å². The van der Waals surface area contributed by atoms with Gasteiger partial charge in [0.25, 0.3) is 5.91 Å². The van der Waals surface area contributed by atoms with Gasteiger partial charge in [-0.15, -0.1) is 0 Å². The van der Waals surface area contributed by atoms with E-state index in [1.807, 2.05) is 60.7 Å². The Labute approximate surface area is 156 Å². The Morgan fingerprint density at radius 3 is 2.62 bits per heavy atom. The normalized spacial score (nSPS) is 18.9. The monoisotopic (exact) mass is 366 g/mol. The summed E-state index contributed by atoms with van der Waals surface area (Å²) in [6.45, 7) is 2.89. The predicted octanol–water partition coefficient (Wildman–Crippen LogP) is 3.78. The van der Waals surface area contributed by atoms with E-state index in [0.717, 1.165) is 35.3 Å². The third-order valence-corrected chi connectivity index (χ3v) is 5.07. The highest BCUT2D eigenvalue weighted by atomic mass is 32.2. The van der Waals surface area contributed by atoms with Crippen LogP contribution in [0.15, 0.2) is 64.5 Å². The van der Waals surface area contributed by atoms with Crippen LogP contribution < -0.4 is 4.74 Å². The molecule has 0 radical (unpaired) electrons. The van der Waals surface area contributed by atoms with Gasteiger partial charge in [0.15, 0.2) is 5.17 Å². The van der Waals surface area contributed by atoms with E-state index in [1.165, 1.54) is 11.8 Å². The number of carbonyl (C=O) groups excluding carboxylic acids is 1. The maximum Gasteiger partial charge on any atom is 0.286 e. The van der Waals surface area contributed by atoms with E-state index in [4.69, 9.17) is 9.47 Å². The van der Waals surface area contributed by atoms with Gasteiger partial charge in [-0.3, -0.25) is 4.79 Å². The number of amides is 1. The van der Waals surface area contributed by atoms with Gasteiger partial charge < -0.3 is 14.4 Å². The third-order valence-electron chi connectivity index (χ3n) is 4.03. The summed E-state index contributed by atoms with van der Waals surface area (Å²) in [5, 5.41) is 0.765. The van der Waals surface area contributed by atoms with Crippen molar-refractivity contribution in [3.63, 3.8) is 0 Å². The SMILES string of the molecule is O=C1N=C(N2CCOCC2)S/C1=C\c1cccc(Oc2ccccc2)c1. The average Bonchev–Trinajstić information content (AvgIpc) is 3.04. The highest BCUT2D eigenvalue weighted by molar-refractivity contribution is 8.18. The fourth-order valence-electron chi connectivity index (χ4n) is 2.73. The average molecular weight is 366 g/mol. The number of morpholine rings is 1. The van der Waals surface area contributed by atoms with Crippen molar-refractivity contribution in [1.29, 1.82) is 0 Å². The first-order valence-corrected chi connectivity index (χ1v) is 9.28. The number of nitrogens with zero attached hydrogens (tertiary/aromatic N) is 2. The van der Waals surface area contributed by atoms with Gasteiger partial charge in [0.1, 0.15) is 11.5 Å². The number of para-hydroxylation sites is 1. The van der Waals surface area contributed by atoms with Crippen molar-refractivity contribution in [3.05, 3.63) is 65.1 Å². The minimum atomic E-state index is -0.189. The molecule has 0 spiro atoms. The second-order valence-electron chi connectivity index (χ2n) is 5.90. The second-order valence-corrected chi connectivity index (χ2v) is 6.91. The number of hydrogen-bond acceptors (Lipinski definition) is 5. The van der Waals surface area contributed by atoms with E-state index >= 15 is 0 Å². The van der Waals surface area contributed by atoms with Crippen LogP contribution in [0, 0.1) is 0 Å². The minimum absolute atomic E-state index is 0.189. The molecule has 0 unspecified atom stereocenters. The van der Waals surface area contributed by atoms with Crippen molar-refractivity contribution >= 4 is 28.9 Å². The van der Waals surface area contributed by atoms with E-state index in [9.17, 15) is 4.79 Å². The minimum Gasteiger partial charge on any atom is -0.457 e. The Balaban J connectivity index is 1.48. The molecule has 4 rings (SSSR count). The van der Waals surface area contributed by atoms with Crippen molar-refractivity contribution in [2.45, 2.75) is 0 Å². The Morgan fingerprint density at radius 2 is 1.81 bits per heavy atom. The number of hydrogen-bond donors (Lipinski definition) is 0. The van der Waals surface area contributed by atoms with Gasteiger partial charge in [-0.05, 0) is 47.7 Å². The number of ether oxygens (including phenoxy) is 2. The van der Waals surface area contributed by atoms with E-state index in [2.05, 4.69) is 9.89 Å². The van der Waals surface area contributed by atoms with Gasteiger partial charge in [-0.25, -0.2) is 0 Å². The van der Waals surface area contributed by atoms with Crippen LogP contribution in [0.5, 0.6) is 11.5 Å². The highest BCUT2D eigenvalue weighted by Crippen LogP contribution is 2.31. The molecule has 2 aromatic rings. The van der Waals surface area contributed by atoms with E-state index in [1.54, 1.807) is 0 Å². The van der Waals surface area contributed by atoms with E-state index in [0.29, 0.717) is 18.1 Å². The molecule has 1 saturated heterocycles. The molecule has 0 bridgehead atoms. The molecule has 132 valence electrons. The first-order chi connectivity index (χ1) is 12.8. The lowest BCUT2D eigenvalue weighted by atomic mass is 10.2. The largest absolute Gasteiger partial charge is 0.457 e. The quantitative estimate of drug-likeness (QED) is 0.774. The van der Waals surface area contributed by atoms with Crippen LogP contribution in [0.25, 0.3) is 6.08 Å². The fraction of sp³-hybridized carbons (Fsp3) is 0.200. The molecule has 6 heteroatoms. The van der Waals surface area contributed by atoms with Crippen LogP contribution in [-0.2, 0) is 9.53 Å². The first kappa shape index (κ1) is 16.9. The zero-order valence-electron chi connectivity index (χ0n) is 14.1. The molecule has 5 nitrogen and oxygen atoms in total. The zero-order chi connectivity index (χ0) is 17.8. The Morgan fingerprint density at radius 1 is 1.04 bits per heavy atom. The van der Waals surface area contributed by atoms with Crippen LogP contribution in [0.2, 0.25) is 0 Å². The van der Waals surface area contributed by atoms with Crippen molar-refractivity contribution in [1.82, 2.24) is 4.90 Å². The van der Waals surface area contributed by atoms with Gasteiger partial charge >= 0.3 is 0 Å². The molecule has 0 aromatic heterocycles. The molecular formula is C20H18N2O3S. The number of thioether (sulfide) groups is 1. The standard InChI is InChI=1S/C20H18N2O3S/c23-19-18(26-20(21-19)22-9-11-24-12-10-22)14-15-5-4-8-17(13-15)25-16-6-2-1-3-7-16/h1-8,13-14H,9-12H2/b18-14-. The van der Waals surface area contributed by atoms with Gasteiger partial charge in [0, 0.05) is 13.1 Å². The summed E-state index contributed by atoms with van der Waals surface area (Å²) in [5.74, 6) is 1.32. The summed E-state index contributed by atoms with van der Waals surface area (Å²) in [7, 11) is 0. The maximum atomic E-state index is 12.2. The lowest BCUT2D eigenvalue weighted by Crippen LogP contribution is -2.38. The number of benzene rings is 2. The Kier molecular flexibility index (Phi) is 5.04. The van der Waals surface area contributed by atoms with Crippen molar-refractivity contribution in [2.24, 2.45) is 4.99 Å². The number of amidine groups is 1. The third kappa shape index (κ3) is 3.98. The Bertz CT molecular complexity index is 858. The van der Waals surface area contributed by atoms with Crippen LogP contribution in [-0.4, -0.2) is 42.3 Å². The lowest BCUT2D eigenvalue weighted by Gasteiger charge is -2.27. The zero-order valence-corrected chi connectivity index (χ0v) is 14.9. The van der Waals surface area contributed by atoms with Crippen LogP contribution in [0.3, 0.4) is 0 Å². The second kappa shape index (κ2) is 7.76. The molecule has 2 heterocycles. The molecule has 2 aromatic carbocycles. The Hall–Kier alpha value is -2.57. The molecule has 2 aliphatic heterocycles.